The number of nitrogens with one attached hydrogen (secondary N) is 1. The van der Waals surface area contributed by atoms with Gasteiger partial charge in [-0.1, -0.05) is 11.3 Å². The normalized spacial score (nSPS) is 11.6. The van der Waals surface area contributed by atoms with Crippen molar-refractivity contribution in [3.05, 3.63) is 18.2 Å². The van der Waals surface area contributed by atoms with Gasteiger partial charge >= 0.3 is 0 Å². The van der Waals surface area contributed by atoms with Crippen LogP contribution in [0.2, 0.25) is 0 Å². The van der Waals surface area contributed by atoms with Gasteiger partial charge in [-0.05, 0) is 39.0 Å². The zero-order valence-corrected chi connectivity index (χ0v) is 12.7. The topological polar surface area (TPSA) is 77.2 Å². The third kappa shape index (κ3) is 3.91. The summed E-state index contributed by atoms with van der Waals surface area (Å²) < 4.78 is 6.43. The second-order valence-electron chi connectivity index (χ2n) is 5.30. The van der Waals surface area contributed by atoms with Crippen molar-refractivity contribution in [2.45, 2.75) is 32.7 Å². The van der Waals surface area contributed by atoms with Crippen LogP contribution in [-0.2, 0) is 4.79 Å². The van der Waals surface area contributed by atoms with Gasteiger partial charge in [0.25, 0.3) is 0 Å². The van der Waals surface area contributed by atoms with Crippen molar-refractivity contribution in [2.75, 3.05) is 11.9 Å². The van der Waals surface area contributed by atoms with Gasteiger partial charge in [-0.3, -0.25) is 4.79 Å². The average molecular weight is 293 g/mol. The van der Waals surface area contributed by atoms with Crippen LogP contribution in [0.15, 0.2) is 18.2 Å². The molecule has 0 radical (unpaired) electrons. The van der Waals surface area contributed by atoms with E-state index in [0.29, 0.717) is 11.7 Å². The summed E-state index contributed by atoms with van der Waals surface area (Å²) in [6, 6.07) is 5.69. The summed E-state index contributed by atoms with van der Waals surface area (Å²) in [5, 5.41) is 3.37. The lowest BCUT2D eigenvalue weighted by atomic mass is 10.0. The molecule has 0 spiro atoms. The fourth-order valence-corrected chi connectivity index (χ4v) is 2.70. The predicted octanol–water partition coefficient (Wildman–Crippen LogP) is 2.76. The fraction of sp³-hybridized carbons (Fsp3) is 0.429. The van der Waals surface area contributed by atoms with Crippen molar-refractivity contribution in [2.24, 2.45) is 5.73 Å². The van der Waals surface area contributed by atoms with Gasteiger partial charge in [0.2, 0.25) is 5.91 Å². The van der Waals surface area contributed by atoms with Gasteiger partial charge in [-0.25, -0.2) is 4.98 Å². The van der Waals surface area contributed by atoms with Crippen LogP contribution < -0.4 is 15.8 Å². The van der Waals surface area contributed by atoms with Gasteiger partial charge < -0.3 is 15.8 Å². The quantitative estimate of drug-likeness (QED) is 0.888. The fourth-order valence-electron chi connectivity index (χ4n) is 1.79. The molecule has 0 saturated carbocycles. The van der Waals surface area contributed by atoms with Crippen molar-refractivity contribution in [3.63, 3.8) is 0 Å². The summed E-state index contributed by atoms with van der Waals surface area (Å²) >= 11 is 1.43. The third-order valence-electron chi connectivity index (χ3n) is 2.53. The van der Waals surface area contributed by atoms with Crippen LogP contribution in [0.1, 0.15) is 27.2 Å². The monoisotopic (exact) mass is 293 g/mol. The number of fused-ring (bicyclic) bond motifs is 1. The Morgan fingerprint density at radius 3 is 2.90 bits per heavy atom. The van der Waals surface area contributed by atoms with E-state index in [0.717, 1.165) is 16.0 Å². The van der Waals surface area contributed by atoms with Gasteiger partial charge in [-0.15, -0.1) is 0 Å². The maximum Gasteiger partial charge on any atom is 0.227 e. The molecule has 0 aliphatic heterocycles. The van der Waals surface area contributed by atoms with E-state index in [2.05, 4.69) is 10.3 Å². The van der Waals surface area contributed by atoms with Crippen molar-refractivity contribution < 1.29 is 9.53 Å². The number of carbonyl (C=O) groups is 1. The third-order valence-corrected chi connectivity index (χ3v) is 3.47. The summed E-state index contributed by atoms with van der Waals surface area (Å²) in [6.07, 6.45) is 0.257. The Bertz CT molecular complexity index is 616. The minimum absolute atomic E-state index is 0.124. The van der Waals surface area contributed by atoms with E-state index >= 15 is 0 Å². The number of aromatic nitrogens is 1. The number of nitrogens with zero attached hydrogens (tertiary/aromatic N) is 1. The van der Waals surface area contributed by atoms with Crippen LogP contribution in [0, 0.1) is 0 Å². The molecule has 0 bridgehead atoms. The number of thiazole rings is 1. The van der Waals surface area contributed by atoms with E-state index in [4.69, 9.17) is 10.5 Å². The number of hydrogen-bond donors (Lipinski definition) is 2. The van der Waals surface area contributed by atoms with Crippen LogP contribution in [0.25, 0.3) is 10.2 Å². The highest BCUT2D eigenvalue weighted by molar-refractivity contribution is 7.22. The molecule has 20 heavy (non-hydrogen) atoms. The molecule has 0 fully saturated rings. The zero-order valence-electron chi connectivity index (χ0n) is 11.9. The molecule has 0 saturated heterocycles. The largest absolute Gasteiger partial charge is 0.494 e. The van der Waals surface area contributed by atoms with Crippen molar-refractivity contribution in [1.82, 2.24) is 4.98 Å². The van der Waals surface area contributed by atoms with E-state index < -0.39 is 5.54 Å². The van der Waals surface area contributed by atoms with Crippen LogP contribution in [0.3, 0.4) is 0 Å². The first-order chi connectivity index (χ1) is 9.37. The van der Waals surface area contributed by atoms with Crippen LogP contribution >= 0.6 is 11.3 Å². The highest BCUT2D eigenvalue weighted by atomic mass is 32.1. The van der Waals surface area contributed by atoms with Crippen molar-refractivity contribution >= 4 is 32.6 Å². The molecular formula is C14H19N3O2S. The molecule has 1 aromatic carbocycles. The maximum absolute atomic E-state index is 11.8. The molecule has 0 atom stereocenters. The molecule has 1 aromatic heterocycles. The summed E-state index contributed by atoms with van der Waals surface area (Å²) in [4.78, 5) is 16.2. The molecule has 3 N–H and O–H groups in total. The number of amides is 1. The Kier molecular flexibility index (Phi) is 4.25. The first kappa shape index (κ1) is 14.7. The van der Waals surface area contributed by atoms with Crippen LogP contribution in [0.4, 0.5) is 5.13 Å². The lowest BCUT2D eigenvalue weighted by molar-refractivity contribution is -0.117. The van der Waals surface area contributed by atoms with Gasteiger partial charge in [-0.2, -0.15) is 0 Å². The Morgan fingerprint density at radius 1 is 1.50 bits per heavy atom. The minimum Gasteiger partial charge on any atom is -0.494 e. The molecule has 5 nitrogen and oxygen atoms in total. The Balaban J connectivity index is 2.13. The van der Waals surface area contributed by atoms with E-state index in [9.17, 15) is 4.79 Å². The number of rotatable bonds is 5. The van der Waals surface area contributed by atoms with Crippen LogP contribution in [0.5, 0.6) is 5.75 Å². The average Bonchev–Trinajstić information content (AvgIpc) is 2.67. The SMILES string of the molecule is CCOc1ccc2nc(NC(=O)CC(C)(C)N)sc2c1. The summed E-state index contributed by atoms with van der Waals surface area (Å²) in [6.45, 7) is 6.20. The zero-order chi connectivity index (χ0) is 14.8. The number of hydrogen-bond acceptors (Lipinski definition) is 5. The van der Waals surface area contributed by atoms with Crippen molar-refractivity contribution in [3.8, 4) is 5.75 Å². The maximum atomic E-state index is 11.8. The smallest absolute Gasteiger partial charge is 0.227 e. The van der Waals surface area contributed by atoms with Gasteiger partial charge in [0, 0.05) is 12.0 Å². The minimum atomic E-state index is -0.525. The second kappa shape index (κ2) is 5.76. The second-order valence-corrected chi connectivity index (χ2v) is 6.33. The number of benzene rings is 1. The lowest BCUT2D eigenvalue weighted by Gasteiger charge is -2.16. The Hall–Kier alpha value is -1.66. The van der Waals surface area contributed by atoms with E-state index in [-0.39, 0.29) is 12.3 Å². The lowest BCUT2D eigenvalue weighted by Crippen LogP contribution is -2.36. The first-order valence-corrected chi connectivity index (χ1v) is 7.31. The van der Waals surface area contributed by atoms with E-state index in [1.54, 1.807) is 0 Å². The summed E-state index contributed by atoms with van der Waals surface area (Å²) in [5.74, 6) is 0.686. The molecule has 0 aliphatic carbocycles. The highest BCUT2D eigenvalue weighted by Gasteiger charge is 2.17. The molecule has 108 valence electrons. The number of nitrogens with two attached hydrogens (primary N) is 1. The van der Waals surface area contributed by atoms with Gasteiger partial charge in [0.05, 0.1) is 16.8 Å². The molecule has 6 heteroatoms. The molecule has 2 aromatic rings. The van der Waals surface area contributed by atoms with Crippen LogP contribution in [-0.4, -0.2) is 23.0 Å². The summed E-state index contributed by atoms with van der Waals surface area (Å²) in [5.41, 5.74) is 6.15. The first-order valence-electron chi connectivity index (χ1n) is 6.49. The van der Waals surface area contributed by atoms with Gasteiger partial charge in [0.15, 0.2) is 5.13 Å². The standard InChI is InChI=1S/C14H19N3O2S/c1-4-19-9-5-6-10-11(7-9)20-13(16-10)17-12(18)8-14(2,3)15/h5-7H,4,8,15H2,1-3H3,(H,16,17,18). The number of carbonyl (C=O) groups excluding carboxylic acids is 1. The number of anilines is 1. The Morgan fingerprint density at radius 2 is 2.25 bits per heavy atom. The van der Waals surface area contributed by atoms with Gasteiger partial charge in [0.1, 0.15) is 5.75 Å². The Labute approximate surface area is 122 Å². The molecule has 0 aliphatic rings. The molecule has 0 unspecified atom stereocenters. The predicted molar refractivity (Wildman–Crippen MR) is 82.3 cm³/mol. The molecule has 1 heterocycles. The molecule has 1 amide bonds. The number of ether oxygens (including phenoxy) is 1. The van der Waals surface area contributed by atoms with E-state index in [1.165, 1.54) is 11.3 Å². The van der Waals surface area contributed by atoms with E-state index in [1.807, 2.05) is 39.0 Å². The highest BCUT2D eigenvalue weighted by Crippen LogP contribution is 2.29. The molecule has 2 rings (SSSR count). The van der Waals surface area contributed by atoms with Crippen molar-refractivity contribution in [1.29, 1.82) is 0 Å². The molecular weight excluding hydrogens is 274 g/mol. The summed E-state index contributed by atoms with van der Waals surface area (Å²) in [7, 11) is 0.